The first-order valence-electron chi connectivity index (χ1n) is 10.2. The molecule has 1 aromatic carbocycles. The molecular formula is C23H32O6. The van der Waals surface area contributed by atoms with Gasteiger partial charge in [0.2, 0.25) is 0 Å². The summed E-state index contributed by atoms with van der Waals surface area (Å²) in [4.78, 5) is 22.8. The van der Waals surface area contributed by atoms with Gasteiger partial charge in [0, 0.05) is 46.1 Å². The van der Waals surface area contributed by atoms with E-state index >= 15 is 0 Å². The van der Waals surface area contributed by atoms with Gasteiger partial charge >= 0.3 is 11.9 Å². The molecule has 1 aliphatic heterocycles. The summed E-state index contributed by atoms with van der Waals surface area (Å²) in [6, 6.07) is 10.0. The van der Waals surface area contributed by atoms with Gasteiger partial charge in [0.1, 0.15) is 12.2 Å². The number of carbonyl (C=O) groups excluding carboxylic acids is 2. The highest BCUT2D eigenvalue weighted by Crippen LogP contribution is 2.28. The van der Waals surface area contributed by atoms with Gasteiger partial charge in [-0.05, 0) is 12.0 Å². The van der Waals surface area contributed by atoms with Crippen molar-refractivity contribution in [2.75, 3.05) is 6.61 Å². The van der Waals surface area contributed by atoms with Crippen LogP contribution in [0.25, 0.3) is 0 Å². The Bertz CT molecular complexity index is 644. The highest BCUT2D eigenvalue weighted by atomic mass is 16.6. The first-order chi connectivity index (χ1) is 14.0. The van der Waals surface area contributed by atoms with Crippen molar-refractivity contribution in [2.45, 2.75) is 77.0 Å². The van der Waals surface area contributed by atoms with E-state index in [-0.39, 0.29) is 36.4 Å². The largest absolute Gasteiger partial charge is 0.462 e. The Morgan fingerprint density at radius 2 is 1.90 bits per heavy atom. The maximum absolute atomic E-state index is 11.4. The molecule has 0 aromatic heterocycles. The molecule has 1 fully saturated rings. The smallest absolute Gasteiger partial charge is 0.302 e. The monoisotopic (exact) mass is 404 g/mol. The van der Waals surface area contributed by atoms with Crippen LogP contribution in [0.3, 0.4) is 0 Å². The summed E-state index contributed by atoms with van der Waals surface area (Å²) < 4.78 is 22.8. The summed E-state index contributed by atoms with van der Waals surface area (Å²) in [5, 5.41) is 0. The molecule has 160 valence electrons. The van der Waals surface area contributed by atoms with Crippen LogP contribution in [0.2, 0.25) is 0 Å². The number of esters is 2. The lowest BCUT2D eigenvalue weighted by Crippen LogP contribution is -2.40. The Morgan fingerprint density at radius 1 is 1.17 bits per heavy atom. The zero-order chi connectivity index (χ0) is 21.1. The van der Waals surface area contributed by atoms with Gasteiger partial charge in [0.15, 0.2) is 0 Å². The van der Waals surface area contributed by atoms with Crippen LogP contribution in [0.1, 0.15) is 51.5 Å². The van der Waals surface area contributed by atoms with Crippen LogP contribution in [0, 0.1) is 0 Å². The van der Waals surface area contributed by atoms with Crippen molar-refractivity contribution in [3.8, 4) is 0 Å². The average Bonchev–Trinajstić information content (AvgIpc) is 2.65. The van der Waals surface area contributed by atoms with Gasteiger partial charge in [0.05, 0.1) is 18.8 Å². The summed E-state index contributed by atoms with van der Waals surface area (Å²) in [5.74, 6) is -0.618. The van der Waals surface area contributed by atoms with E-state index in [1.807, 2.05) is 30.3 Å². The summed E-state index contributed by atoms with van der Waals surface area (Å²) in [7, 11) is 0. The summed E-state index contributed by atoms with van der Waals surface area (Å²) >= 11 is 0. The Morgan fingerprint density at radius 3 is 2.55 bits per heavy atom. The van der Waals surface area contributed by atoms with Crippen molar-refractivity contribution in [3.05, 3.63) is 48.6 Å². The van der Waals surface area contributed by atoms with Crippen molar-refractivity contribution in [1.29, 1.82) is 0 Å². The zero-order valence-corrected chi connectivity index (χ0v) is 17.4. The number of ether oxygens (including phenoxy) is 4. The molecule has 29 heavy (non-hydrogen) atoms. The molecule has 1 aliphatic rings. The Balaban J connectivity index is 1.87. The quantitative estimate of drug-likeness (QED) is 0.316. The number of carbonyl (C=O) groups is 2. The fourth-order valence-corrected chi connectivity index (χ4v) is 3.62. The van der Waals surface area contributed by atoms with Crippen LogP contribution in [0.5, 0.6) is 0 Å². The van der Waals surface area contributed by atoms with Crippen molar-refractivity contribution in [3.63, 3.8) is 0 Å². The van der Waals surface area contributed by atoms with E-state index in [1.165, 1.54) is 13.8 Å². The van der Waals surface area contributed by atoms with Crippen LogP contribution in [-0.4, -0.2) is 43.0 Å². The lowest BCUT2D eigenvalue weighted by molar-refractivity contribution is -0.165. The molecule has 0 radical (unpaired) electrons. The minimum Gasteiger partial charge on any atom is -0.462 e. The van der Waals surface area contributed by atoms with Crippen LogP contribution < -0.4 is 0 Å². The normalized spacial score (nSPS) is 22.5. The second-order valence-electron chi connectivity index (χ2n) is 7.40. The first kappa shape index (κ1) is 23.1. The fraction of sp³-hybridized carbons (Fsp3) is 0.565. The third-order valence-corrected chi connectivity index (χ3v) is 4.75. The molecule has 2 rings (SSSR count). The van der Waals surface area contributed by atoms with Gasteiger partial charge in [-0.1, -0.05) is 36.4 Å². The van der Waals surface area contributed by atoms with Crippen molar-refractivity contribution in [1.82, 2.24) is 0 Å². The molecule has 4 atom stereocenters. The maximum Gasteiger partial charge on any atom is 0.302 e. The molecule has 1 heterocycles. The SMILES string of the molecule is C=CC[C@H](C[C@H]1C[C@@H](OC(C)=O)C[C@@H](CCOCc2ccccc2)O1)OC(C)=O. The van der Waals surface area contributed by atoms with E-state index in [0.29, 0.717) is 45.3 Å². The zero-order valence-electron chi connectivity index (χ0n) is 17.4. The first-order valence-corrected chi connectivity index (χ1v) is 10.2. The van der Waals surface area contributed by atoms with Gasteiger partial charge in [0.25, 0.3) is 0 Å². The van der Waals surface area contributed by atoms with Crippen LogP contribution in [0.4, 0.5) is 0 Å². The average molecular weight is 405 g/mol. The molecule has 0 unspecified atom stereocenters. The van der Waals surface area contributed by atoms with E-state index < -0.39 is 0 Å². The summed E-state index contributed by atoms with van der Waals surface area (Å²) in [5.41, 5.74) is 1.13. The Hall–Kier alpha value is -2.18. The number of hydrogen-bond donors (Lipinski definition) is 0. The molecule has 1 aromatic rings. The second kappa shape index (κ2) is 12.4. The number of hydrogen-bond acceptors (Lipinski definition) is 6. The van der Waals surface area contributed by atoms with E-state index in [2.05, 4.69) is 6.58 Å². The summed E-state index contributed by atoms with van der Waals surface area (Å²) in [6.45, 7) is 7.65. The summed E-state index contributed by atoms with van der Waals surface area (Å²) in [6.07, 6.45) is 4.06. The topological polar surface area (TPSA) is 71.1 Å². The van der Waals surface area contributed by atoms with Crippen LogP contribution >= 0.6 is 0 Å². The minimum absolute atomic E-state index is 0.0735. The molecule has 0 amide bonds. The van der Waals surface area contributed by atoms with Gasteiger partial charge in [-0.15, -0.1) is 6.58 Å². The highest BCUT2D eigenvalue weighted by Gasteiger charge is 2.33. The van der Waals surface area contributed by atoms with Crippen molar-refractivity contribution >= 4 is 11.9 Å². The van der Waals surface area contributed by atoms with E-state index in [0.717, 1.165) is 5.56 Å². The third-order valence-electron chi connectivity index (χ3n) is 4.75. The highest BCUT2D eigenvalue weighted by molar-refractivity contribution is 5.66. The van der Waals surface area contributed by atoms with Crippen molar-refractivity contribution < 1.29 is 28.5 Å². The molecule has 0 bridgehead atoms. The van der Waals surface area contributed by atoms with E-state index in [4.69, 9.17) is 18.9 Å². The Labute approximate surface area is 173 Å². The molecule has 0 spiro atoms. The lowest BCUT2D eigenvalue weighted by Gasteiger charge is -2.36. The van der Waals surface area contributed by atoms with Gasteiger partial charge < -0.3 is 18.9 Å². The molecule has 6 nitrogen and oxygen atoms in total. The molecule has 0 saturated carbocycles. The van der Waals surface area contributed by atoms with Gasteiger partial charge in [-0.25, -0.2) is 0 Å². The molecule has 6 heteroatoms. The number of rotatable bonds is 11. The minimum atomic E-state index is -0.324. The lowest BCUT2D eigenvalue weighted by atomic mass is 9.95. The van der Waals surface area contributed by atoms with Gasteiger partial charge in [-0.2, -0.15) is 0 Å². The van der Waals surface area contributed by atoms with E-state index in [9.17, 15) is 9.59 Å². The molecule has 0 aliphatic carbocycles. The maximum atomic E-state index is 11.4. The van der Waals surface area contributed by atoms with Crippen molar-refractivity contribution in [2.24, 2.45) is 0 Å². The van der Waals surface area contributed by atoms with Gasteiger partial charge in [-0.3, -0.25) is 9.59 Å². The second-order valence-corrected chi connectivity index (χ2v) is 7.40. The number of benzene rings is 1. The molecule has 1 saturated heterocycles. The predicted octanol–water partition coefficient (Wildman–Crippen LogP) is 3.97. The third kappa shape index (κ3) is 9.24. The molecular weight excluding hydrogens is 372 g/mol. The van der Waals surface area contributed by atoms with E-state index in [1.54, 1.807) is 6.08 Å². The van der Waals surface area contributed by atoms with Crippen LogP contribution in [-0.2, 0) is 35.1 Å². The molecule has 0 N–H and O–H groups in total. The standard InChI is InChI=1S/C23H32O6/c1-4-8-20(27-17(2)24)13-23-15-22(28-18(3)25)14-21(29-23)11-12-26-16-19-9-6-5-7-10-19/h4-7,9-10,20-23H,1,8,11-16H2,2-3H3/t20-,21-,22+,23+/m1/s1. The predicted molar refractivity (Wildman–Crippen MR) is 109 cm³/mol. The Kier molecular flexibility index (Phi) is 9.88. The fourth-order valence-electron chi connectivity index (χ4n) is 3.62. The van der Waals surface area contributed by atoms with Crippen LogP contribution in [0.15, 0.2) is 43.0 Å².